The molecule has 5 heteroatoms. The van der Waals surface area contributed by atoms with Gasteiger partial charge in [0.25, 0.3) is 0 Å². The quantitative estimate of drug-likeness (QED) is 0.512. The van der Waals surface area contributed by atoms with Crippen LogP contribution in [0, 0.1) is 17.7 Å². The number of aromatic carboxylic acids is 1. The van der Waals surface area contributed by atoms with E-state index in [2.05, 4.69) is 11.8 Å². The van der Waals surface area contributed by atoms with Crippen LogP contribution >= 0.6 is 0 Å². The molecule has 0 amide bonds. The number of carbonyl (C=O) groups is 1. The minimum absolute atomic E-state index is 0.0416. The second-order valence-corrected chi connectivity index (χ2v) is 3.00. The van der Waals surface area contributed by atoms with Crippen molar-refractivity contribution in [1.29, 1.82) is 0 Å². The molecule has 0 bridgehead atoms. The van der Waals surface area contributed by atoms with Crippen LogP contribution in [0.4, 0.5) is 10.1 Å². The van der Waals surface area contributed by atoms with Crippen LogP contribution in [0.25, 0.3) is 0 Å². The predicted molar refractivity (Wildman–Crippen MR) is 56.4 cm³/mol. The van der Waals surface area contributed by atoms with E-state index in [1.807, 2.05) is 0 Å². The first kappa shape index (κ1) is 12.0. The van der Waals surface area contributed by atoms with Gasteiger partial charge in [-0.1, -0.05) is 11.8 Å². The smallest absolute Gasteiger partial charge is 0.337 e. The third-order valence-electron chi connectivity index (χ3n) is 1.83. The number of hydrogen-bond acceptors (Lipinski definition) is 3. The Balaban J connectivity index is 3.16. The Morgan fingerprint density at radius 3 is 2.75 bits per heavy atom. The molecule has 0 fully saturated rings. The lowest BCUT2D eigenvalue weighted by Crippen LogP contribution is -2.04. The summed E-state index contributed by atoms with van der Waals surface area (Å²) in [5, 5.41) is 17.3. The zero-order chi connectivity index (χ0) is 12.1. The molecule has 0 spiro atoms. The second kappa shape index (κ2) is 5.14. The van der Waals surface area contributed by atoms with Crippen molar-refractivity contribution in [3.05, 3.63) is 29.1 Å². The molecular formula is C11H10FNO3. The van der Waals surface area contributed by atoms with Gasteiger partial charge >= 0.3 is 5.97 Å². The molecule has 84 valence electrons. The molecule has 4 N–H and O–H groups in total. The van der Waals surface area contributed by atoms with Gasteiger partial charge in [0, 0.05) is 12.1 Å². The third kappa shape index (κ3) is 2.72. The largest absolute Gasteiger partial charge is 0.478 e. The molecule has 1 aromatic rings. The number of nitrogen functional groups attached to an aromatic ring is 1. The van der Waals surface area contributed by atoms with E-state index in [1.54, 1.807) is 0 Å². The molecule has 0 aliphatic heterocycles. The summed E-state index contributed by atoms with van der Waals surface area (Å²) in [6.45, 7) is -0.130. The molecule has 0 aromatic heterocycles. The lowest BCUT2D eigenvalue weighted by Gasteiger charge is -2.02. The van der Waals surface area contributed by atoms with Gasteiger partial charge in [-0.25, -0.2) is 9.18 Å². The normalized spacial score (nSPS) is 9.38. The molecule has 0 aliphatic carbocycles. The summed E-state index contributed by atoms with van der Waals surface area (Å²) >= 11 is 0. The van der Waals surface area contributed by atoms with Crippen LogP contribution in [-0.2, 0) is 0 Å². The Kier molecular flexibility index (Phi) is 3.86. The maximum Gasteiger partial charge on any atom is 0.337 e. The van der Waals surface area contributed by atoms with E-state index in [0.717, 1.165) is 12.1 Å². The van der Waals surface area contributed by atoms with Crippen LogP contribution in [0.15, 0.2) is 12.1 Å². The zero-order valence-corrected chi connectivity index (χ0v) is 8.33. The van der Waals surface area contributed by atoms with E-state index in [9.17, 15) is 9.18 Å². The number of aliphatic hydroxyl groups excluding tert-OH is 1. The highest BCUT2D eigenvalue weighted by Gasteiger charge is 2.11. The van der Waals surface area contributed by atoms with Gasteiger partial charge in [0.15, 0.2) is 0 Å². The molecule has 4 nitrogen and oxygen atoms in total. The number of hydrogen-bond donors (Lipinski definition) is 3. The Hall–Kier alpha value is -2.06. The summed E-state index contributed by atoms with van der Waals surface area (Å²) in [4.78, 5) is 10.7. The van der Waals surface area contributed by atoms with Crippen molar-refractivity contribution in [1.82, 2.24) is 0 Å². The minimum Gasteiger partial charge on any atom is -0.478 e. The fourth-order valence-corrected chi connectivity index (χ4v) is 1.08. The average Bonchev–Trinajstić information content (AvgIpc) is 2.21. The number of carboxylic acids is 1. The van der Waals surface area contributed by atoms with E-state index in [4.69, 9.17) is 15.9 Å². The first-order chi connectivity index (χ1) is 7.56. The maximum absolute atomic E-state index is 13.3. The van der Waals surface area contributed by atoms with Crippen LogP contribution in [0.3, 0.4) is 0 Å². The molecule has 0 unspecified atom stereocenters. The Morgan fingerprint density at radius 1 is 1.50 bits per heavy atom. The van der Waals surface area contributed by atoms with Gasteiger partial charge in [-0.15, -0.1) is 0 Å². The summed E-state index contributed by atoms with van der Waals surface area (Å²) < 4.78 is 13.3. The van der Waals surface area contributed by atoms with E-state index < -0.39 is 11.8 Å². The summed E-state index contributed by atoms with van der Waals surface area (Å²) in [7, 11) is 0. The van der Waals surface area contributed by atoms with E-state index in [0.29, 0.717) is 0 Å². The van der Waals surface area contributed by atoms with Gasteiger partial charge < -0.3 is 15.9 Å². The maximum atomic E-state index is 13.3. The van der Waals surface area contributed by atoms with Crippen LogP contribution in [-0.4, -0.2) is 22.8 Å². The average molecular weight is 223 g/mol. The Bertz CT molecular complexity index is 474. The minimum atomic E-state index is -1.23. The lowest BCUT2D eigenvalue weighted by molar-refractivity contribution is 0.0698. The number of rotatable bonds is 2. The zero-order valence-electron chi connectivity index (χ0n) is 8.33. The summed E-state index contributed by atoms with van der Waals surface area (Å²) in [5.74, 6) is 3.03. The molecule has 1 rings (SSSR count). The number of carboxylic acid groups (broad SMARTS) is 1. The third-order valence-corrected chi connectivity index (χ3v) is 1.83. The van der Waals surface area contributed by atoms with Crippen molar-refractivity contribution in [2.75, 3.05) is 12.3 Å². The van der Waals surface area contributed by atoms with Crippen molar-refractivity contribution < 1.29 is 19.4 Å². The van der Waals surface area contributed by atoms with Crippen LogP contribution in [0.5, 0.6) is 0 Å². The molecule has 0 aliphatic rings. The van der Waals surface area contributed by atoms with Crippen molar-refractivity contribution in [3.8, 4) is 11.8 Å². The molecule has 0 saturated heterocycles. The van der Waals surface area contributed by atoms with Crippen molar-refractivity contribution in [2.45, 2.75) is 6.42 Å². The fraction of sp³-hybridized carbons (Fsp3) is 0.182. The molecule has 1 aromatic carbocycles. The molecule has 0 saturated carbocycles. The topological polar surface area (TPSA) is 83.5 Å². The summed E-state index contributed by atoms with van der Waals surface area (Å²) in [6, 6.07) is 2.00. The predicted octanol–water partition coefficient (Wildman–Crippen LogP) is 0.840. The number of anilines is 1. The second-order valence-electron chi connectivity index (χ2n) is 3.00. The van der Waals surface area contributed by atoms with Crippen molar-refractivity contribution in [3.63, 3.8) is 0 Å². The standard InChI is InChI=1S/C11H10FNO3/c12-9-6-10(13)8(11(15)16)5-7(9)3-1-2-4-14/h5-6,14H,2,4,13H2,(H,15,16). The van der Waals surface area contributed by atoms with Gasteiger partial charge in [-0.05, 0) is 12.1 Å². The van der Waals surface area contributed by atoms with Gasteiger partial charge in [-0.3, -0.25) is 0 Å². The van der Waals surface area contributed by atoms with Gasteiger partial charge in [0.2, 0.25) is 0 Å². The van der Waals surface area contributed by atoms with E-state index in [-0.39, 0.29) is 29.8 Å². The molecule has 16 heavy (non-hydrogen) atoms. The van der Waals surface area contributed by atoms with Gasteiger partial charge in [-0.2, -0.15) is 0 Å². The van der Waals surface area contributed by atoms with E-state index in [1.165, 1.54) is 0 Å². The first-order valence-corrected chi connectivity index (χ1v) is 4.48. The number of nitrogens with two attached hydrogens (primary N) is 1. The Labute approximate surface area is 91.5 Å². The number of aliphatic hydroxyl groups is 1. The highest BCUT2D eigenvalue weighted by Crippen LogP contribution is 2.17. The van der Waals surface area contributed by atoms with Crippen molar-refractivity contribution in [2.24, 2.45) is 0 Å². The first-order valence-electron chi connectivity index (χ1n) is 4.48. The lowest BCUT2D eigenvalue weighted by atomic mass is 10.1. The SMILES string of the molecule is Nc1cc(F)c(C#CCCO)cc1C(=O)O. The van der Waals surface area contributed by atoms with Crippen molar-refractivity contribution >= 4 is 11.7 Å². The number of halogens is 1. The monoisotopic (exact) mass is 223 g/mol. The number of benzene rings is 1. The Morgan fingerprint density at radius 2 is 2.19 bits per heavy atom. The highest BCUT2D eigenvalue weighted by molar-refractivity contribution is 5.94. The molecule has 0 heterocycles. The van der Waals surface area contributed by atoms with Crippen LogP contribution < -0.4 is 5.73 Å². The van der Waals surface area contributed by atoms with Crippen LogP contribution in [0.2, 0.25) is 0 Å². The van der Waals surface area contributed by atoms with Crippen LogP contribution in [0.1, 0.15) is 22.3 Å². The molecule has 0 radical (unpaired) electrons. The van der Waals surface area contributed by atoms with Gasteiger partial charge in [0.05, 0.1) is 17.7 Å². The highest BCUT2D eigenvalue weighted by atomic mass is 19.1. The summed E-state index contributed by atoms with van der Waals surface area (Å²) in [5.41, 5.74) is 4.97. The van der Waals surface area contributed by atoms with E-state index >= 15 is 0 Å². The fourth-order valence-electron chi connectivity index (χ4n) is 1.08. The summed E-state index contributed by atoms with van der Waals surface area (Å²) in [6.07, 6.45) is 0.201. The van der Waals surface area contributed by atoms with Gasteiger partial charge in [0.1, 0.15) is 5.82 Å². The molecule has 0 atom stereocenters. The molecular weight excluding hydrogens is 213 g/mol.